The number of methoxy groups -OCH3 is 2. The molecule has 2 aromatic heterocycles. The van der Waals surface area contributed by atoms with Crippen molar-refractivity contribution >= 4 is 34.9 Å². The maximum absolute atomic E-state index is 14.0. The molecule has 4 N–H and O–H groups in total. The van der Waals surface area contributed by atoms with Gasteiger partial charge in [-0.2, -0.15) is 4.98 Å². The lowest BCUT2D eigenvalue weighted by atomic mass is 9.72. The van der Waals surface area contributed by atoms with Gasteiger partial charge in [0, 0.05) is 13.1 Å². The van der Waals surface area contributed by atoms with Crippen molar-refractivity contribution < 1.29 is 28.7 Å². The molecule has 3 aromatic carbocycles. The number of imidazole rings is 1. The summed E-state index contributed by atoms with van der Waals surface area (Å²) >= 11 is 0. The van der Waals surface area contributed by atoms with E-state index in [0.29, 0.717) is 42.7 Å². The van der Waals surface area contributed by atoms with E-state index in [0.717, 1.165) is 65.9 Å². The molecule has 4 heterocycles. The number of aromatic amines is 2. The van der Waals surface area contributed by atoms with Gasteiger partial charge in [0.1, 0.15) is 23.7 Å². The van der Waals surface area contributed by atoms with E-state index in [1.54, 1.807) is 4.90 Å². The van der Waals surface area contributed by atoms with Crippen LogP contribution in [0.3, 0.4) is 0 Å². The molecule has 4 amide bonds. The monoisotopic (exact) mass is 939 g/mol. The molecule has 364 valence electrons. The lowest BCUT2D eigenvalue weighted by Crippen LogP contribution is -2.51. The van der Waals surface area contributed by atoms with Crippen molar-refractivity contribution in [3.05, 3.63) is 93.9 Å². The average Bonchev–Trinajstić information content (AvgIpc) is 4.21. The molecular formula is C54H66N8O7. The Labute approximate surface area is 403 Å². The summed E-state index contributed by atoms with van der Waals surface area (Å²) < 4.78 is 9.64. The summed E-state index contributed by atoms with van der Waals surface area (Å²) in [6.45, 7) is 8.82. The predicted octanol–water partition coefficient (Wildman–Crippen LogP) is 9.17. The molecule has 5 aromatic rings. The number of likely N-dealkylation sites (tertiary alicyclic amines) is 2. The van der Waals surface area contributed by atoms with Crippen molar-refractivity contribution in [2.75, 3.05) is 27.3 Å². The number of rotatable bonds is 12. The first-order chi connectivity index (χ1) is 33.3. The largest absolute Gasteiger partial charge is 0.453 e. The van der Waals surface area contributed by atoms with Gasteiger partial charge in [0.25, 0.3) is 5.56 Å². The van der Waals surface area contributed by atoms with E-state index in [1.165, 1.54) is 63.0 Å². The van der Waals surface area contributed by atoms with Crippen molar-refractivity contribution in [3.8, 4) is 33.5 Å². The molecule has 2 aliphatic carbocycles. The Hall–Kier alpha value is -6.51. The van der Waals surface area contributed by atoms with Gasteiger partial charge in [0.15, 0.2) is 0 Å². The normalized spacial score (nSPS) is 19.9. The third-order valence-corrected chi connectivity index (χ3v) is 15.6. The van der Waals surface area contributed by atoms with Crippen LogP contribution in [0.2, 0.25) is 0 Å². The zero-order valence-corrected chi connectivity index (χ0v) is 40.8. The Balaban J connectivity index is 0.979. The maximum atomic E-state index is 14.0. The third kappa shape index (κ3) is 9.36. The molecule has 3 fully saturated rings. The predicted molar refractivity (Wildman–Crippen MR) is 264 cm³/mol. The van der Waals surface area contributed by atoms with E-state index in [2.05, 4.69) is 68.1 Å². The first-order valence-electron chi connectivity index (χ1n) is 25.0. The first kappa shape index (κ1) is 47.6. The highest BCUT2D eigenvalue weighted by Gasteiger charge is 2.42. The molecule has 15 nitrogen and oxygen atoms in total. The molecule has 1 unspecified atom stereocenters. The average molecular weight is 939 g/mol. The number of hydrogen-bond donors (Lipinski definition) is 4. The Morgan fingerprint density at radius 2 is 1.29 bits per heavy atom. The number of carbonyl (C=O) groups excluding carboxylic acids is 4. The minimum Gasteiger partial charge on any atom is -0.453 e. The van der Waals surface area contributed by atoms with Gasteiger partial charge >= 0.3 is 12.2 Å². The van der Waals surface area contributed by atoms with E-state index in [4.69, 9.17) is 14.5 Å². The van der Waals surface area contributed by atoms with E-state index < -0.39 is 30.3 Å². The second kappa shape index (κ2) is 19.8. The van der Waals surface area contributed by atoms with Crippen LogP contribution in [0.4, 0.5) is 9.59 Å². The lowest BCUT2D eigenvalue weighted by molar-refractivity contribution is -0.136. The van der Waals surface area contributed by atoms with Crippen molar-refractivity contribution in [3.63, 3.8) is 0 Å². The van der Waals surface area contributed by atoms with E-state index in [1.807, 2.05) is 50.9 Å². The molecule has 1 saturated carbocycles. The van der Waals surface area contributed by atoms with Gasteiger partial charge in [-0.25, -0.2) is 14.6 Å². The molecule has 0 radical (unpaired) electrons. The second-order valence-corrected chi connectivity index (χ2v) is 20.2. The number of fused-ring (bicyclic) bond motifs is 2. The van der Waals surface area contributed by atoms with Crippen LogP contribution in [0, 0.1) is 17.3 Å². The topological polar surface area (TPSA) is 192 Å². The Morgan fingerprint density at radius 3 is 1.90 bits per heavy atom. The molecule has 69 heavy (non-hydrogen) atoms. The second-order valence-electron chi connectivity index (χ2n) is 20.2. The van der Waals surface area contributed by atoms with Crippen LogP contribution in [-0.2, 0) is 31.9 Å². The molecular weight excluding hydrogens is 873 g/mol. The quantitative estimate of drug-likeness (QED) is 0.0945. The number of nitrogens with one attached hydrogen (secondary N) is 4. The summed E-state index contributed by atoms with van der Waals surface area (Å²) in [4.78, 5) is 85.9. The van der Waals surface area contributed by atoms with Crippen LogP contribution < -0.4 is 16.2 Å². The van der Waals surface area contributed by atoms with Crippen LogP contribution in [0.1, 0.15) is 127 Å². The van der Waals surface area contributed by atoms with Gasteiger partial charge in [-0.3, -0.25) is 14.4 Å². The number of hydrogen-bond acceptors (Lipinski definition) is 9. The van der Waals surface area contributed by atoms with Crippen molar-refractivity contribution in [2.45, 2.75) is 129 Å². The summed E-state index contributed by atoms with van der Waals surface area (Å²) in [5, 5.41) is 5.96. The molecule has 4 aliphatic rings. The van der Waals surface area contributed by atoms with E-state index in [9.17, 15) is 24.0 Å². The number of aromatic nitrogens is 4. The fourth-order valence-electron chi connectivity index (χ4n) is 11.6. The minimum atomic E-state index is -0.757. The lowest BCUT2D eigenvalue weighted by Gasteiger charge is -2.33. The number of ether oxygens (including phenoxy) is 2. The molecule has 9 rings (SSSR count). The van der Waals surface area contributed by atoms with Gasteiger partial charge in [-0.05, 0) is 120 Å². The molecule has 1 spiro atoms. The molecule has 5 atom stereocenters. The van der Waals surface area contributed by atoms with Crippen LogP contribution in [0.5, 0.6) is 0 Å². The Morgan fingerprint density at radius 1 is 0.725 bits per heavy atom. The number of H-pyrrole nitrogens is 2. The summed E-state index contributed by atoms with van der Waals surface area (Å²) in [5.41, 5.74) is 9.64. The molecule has 2 aliphatic heterocycles. The summed E-state index contributed by atoms with van der Waals surface area (Å²) in [6, 6.07) is 17.0. The van der Waals surface area contributed by atoms with Crippen LogP contribution in [0.15, 0.2) is 65.6 Å². The van der Waals surface area contributed by atoms with Gasteiger partial charge < -0.3 is 39.9 Å². The van der Waals surface area contributed by atoms with Gasteiger partial charge in [0.05, 0.1) is 49.1 Å². The third-order valence-electron chi connectivity index (χ3n) is 15.6. The zero-order chi connectivity index (χ0) is 48.6. The summed E-state index contributed by atoms with van der Waals surface area (Å²) in [7, 11) is 2.58. The Kier molecular flexibility index (Phi) is 13.7. The standard InChI is InChI=1S/C54H66N8O7/c1-7-32(4)46(59-53(67)69-6)51(65)62-26-12-14-44(62)48-56-41-22-19-35(27-38(41)49(63)60-48)37-21-20-36(39-28-54(29-40(37)39)23-9-8-10-24-54)33-15-17-34(18-16-33)42-30-55-47(57-42)43-13-11-25-61(43)50(64)45(31(2)3)58-52(66)68-5/h15-22,27,30-32,43-46H,7-14,23-26,28-29H2,1-6H3,(H,55,57)(H,58,66)(H,59,67)(H,56,60,63)/t32?,43-,44-,45-,46-/m0/s1. The fraction of sp³-hybridized carbons (Fsp3) is 0.500. The summed E-state index contributed by atoms with van der Waals surface area (Å²) in [6.07, 6.45) is 12.4. The fourth-order valence-corrected chi connectivity index (χ4v) is 11.6. The highest BCUT2D eigenvalue weighted by Crippen LogP contribution is 2.52. The number of amides is 4. The van der Waals surface area contributed by atoms with Gasteiger partial charge in [-0.1, -0.05) is 95.8 Å². The van der Waals surface area contributed by atoms with E-state index >= 15 is 0 Å². The highest BCUT2D eigenvalue weighted by atomic mass is 16.5. The number of nitrogens with zero attached hydrogens (tertiary/aromatic N) is 4. The zero-order valence-electron chi connectivity index (χ0n) is 40.8. The van der Waals surface area contributed by atoms with Crippen molar-refractivity contribution in [2.24, 2.45) is 17.3 Å². The van der Waals surface area contributed by atoms with Crippen LogP contribution >= 0.6 is 0 Å². The minimum absolute atomic E-state index is 0.116. The summed E-state index contributed by atoms with van der Waals surface area (Å²) in [5.74, 6) is 0.601. The number of alkyl carbamates (subject to hydrolysis) is 2. The highest BCUT2D eigenvalue weighted by molar-refractivity contribution is 5.89. The molecule has 15 heteroatoms. The van der Waals surface area contributed by atoms with Crippen molar-refractivity contribution in [1.82, 2.24) is 40.4 Å². The maximum Gasteiger partial charge on any atom is 0.407 e. The van der Waals surface area contributed by atoms with Crippen LogP contribution in [0.25, 0.3) is 44.4 Å². The van der Waals surface area contributed by atoms with Gasteiger partial charge in [-0.15, -0.1) is 0 Å². The Bertz CT molecular complexity index is 2790. The SMILES string of the molecule is CCC(C)[C@H](NC(=O)OC)C(=O)N1CCC[C@H]1c1nc(=O)c2cc(-c3ccc(-c4ccc(-c5cnc([C@@H]6CCCN6C(=O)[C@@H](NC(=O)OC)C(C)C)[nH]5)cc4)c4c3CC3(CCCCC3)C4)ccc2[nH]1. The smallest absolute Gasteiger partial charge is 0.407 e. The van der Waals surface area contributed by atoms with Crippen LogP contribution in [-0.4, -0.2) is 93.1 Å². The van der Waals surface area contributed by atoms with Crippen molar-refractivity contribution in [1.29, 1.82) is 0 Å². The van der Waals surface area contributed by atoms with E-state index in [-0.39, 0.29) is 40.7 Å². The number of benzene rings is 3. The number of carbonyl (C=O) groups is 4. The molecule has 2 saturated heterocycles. The van der Waals surface area contributed by atoms with Gasteiger partial charge in [0.2, 0.25) is 11.8 Å². The molecule has 0 bridgehead atoms. The first-order valence-corrected chi connectivity index (χ1v) is 25.0.